The Hall–Kier alpha value is -2.51. The lowest BCUT2D eigenvalue weighted by molar-refractivity contribution is -0.133. The molecule has 2 N–H and O–H groups in total. The number of hydrogen-bond donors (Lipinski definition) is 1. The molecule has 7 heteroatoms. The van der Waals surface area contributed by atoms with E-state index < -0.39 is 6.04 Å². The van der Waals surface area contributed by atoms with Crippen LogP contribution in [0.3, 0.4) is 0 Å². The van der Waals surface area contributed by atoms with Gasteiger partial charge in [-0.15, -0.1) is 0 Å². The molecule has 0 bridgehead atoms. The van der Waals surface area contributed by atoms with Crippen molar-refractivity contribution in [1.29, 1.82) is 0 Å². The van der Waals surface area contributed by atoms with Gasteiger partial charge in [0.15, 0.2) is 0 Å². The summed E-state index contributed by atoms with van der Waals surface area (Å²) in [5.74, 6) is 1.45. The van der Waals surface area contributed by atoms with E-state index in [0.717, 1.165) is 42.7 Å². The van der Waals surface area contributed by atoms with E-state index in [2.05, 4.69) is 0 Å². The van der Waals surface area contributed by atoms with Gasteiger partial charge in [-0.2, -0.15) is 11.8 Å². The van der Waals surface area contributed by atoms with Crippen LogP contribution in [-0.2, 0) is 11.3 Å². The highest BCUT2D eigenvalue weighted by molar-refractivity contribution is 7.98. The molecule has 2 aromatic carbocycles. The molecule has 33 heavy (non-hydrogen) atoms. The van der Waals surface area contributed by atoms with E-state index in [1.165, 1.54) is 0 Å². The first-order valence-electron chi connectivity index (χ1n) is 11.6. The minimum absolute atomic E-state index is 0.0104. The average Bonchev–Trinajstić information content (AvgIpc) is 2.89. The number of carbonyl (C=O) groups is 2. The first-order chi connectivity index (χ1) is 16.0. The molecule has 178 valence electrons. The fourth-order valence-electron chi connectivity index (χ4n) is 4.15. The van der Waals surface area contributed by atoms with Crippen LogP contribution in [0.5, 0.6) is 5.75 Å². The molecule has 0 unspecified atom stereocenters. The van der Waals surface area contributed by atoms with Crippen molar-refractivity contribution < 1.29 is 14.3 Å². The Balaban J connectivity index is 1.92. The molecule has 2 aromatic rings. The van der Waals surface area contributed by atoms with Crippen LogP contribution in [0.25, 0.3) is 0 Å². The van der Waals surface area contributed by atoms with E-state index in [-0.39, 0.29) is 11.8 Å². The van der Waals surface area contributed by atoms with Crippen LogP contribution in [0.4, 0.5) is 5.69 Å². The van der Waals surface area contributed by atoms with Crippen molar-refractivity contribution >= 4 is 29.3 Å². The highest BCUT2D eigenvalue weighted by Crippen LogP contribution is 2.27. The van der Waals surface area contributed by atoms with E-state index in [0.29, 0.717) is 37.4 Å². The Morgan fingerprint density at radius 1 is 1.06 bits per heavy atom. The summed E-state index contributed by atoms with van der Waals surface area (Å²) in [5, 5.41) is 0. The first-order valence-corrected chi connectivity index (χ1v) is 13.0. The molecule has 2 amide bonds. The molecule has 6 nitrogen and oxygen atoms in total. The SMILES string of the molecule is COc1cccc(C(=O)N2CCCCCCN(C(=O)[C@@H](N)CCSC)Cc3ccccc32)c1. The minimum atomic E-state index is -0.496. The summed E-state index contributed by atoms with van der Waals surface area (Å²) in [6.07, 6.45) is 6.55. The number of rotatable bonds is 6. The molecule has 0 saturated carbocycles. The van der Waals surface area contributed by atoms with Crippen LogP contribution in [-0.4, -0.2) is 55.0 Å². The predicted octanol–water partition coefficient (Wildman–Crippen LogP) is 4.33. The number of hydrogen-bond acceptors (Lipinski definition) is 5. The largest absolute Gasteiger partial charge is 0.497 e. The summed E-state index contributed by atoms with van der Waals surface area (Å²) < 4.78 is 5.32. The molecule has 0 saturated heterocycles. The predicted molar refractivity (Wildman–Crippen MR) is 136 cm³/mol. The second-order valence-corrected chi connectivity index (χ2v) is 9.37. The smallest absolute Gasteiger partial charge is 0.258 e. The van der Waals surface area contributed by atoms with Gasteiger partial charge in [0.2, 0.25) is 5.91 Å². The zero-order valence-electron chi connectivity index (χ0n) is 19.7. The maximum atomic E-state index is 13.6. The van der Waals surface area contributed by atoms with Crippen molar-refractivity contribution in [2.45, 2.75) is 44.7 Å². The Morgan fingerprint density at radius 3 is 2.58 bits per heavy atom. The van der Waals surface area contributed by atoms with Gasteiger partial charge >= 0.3 is 0 Å². The van der Waals surface area contributed by atoms with Gasteiger partial charge in [-0.05, 0) is 61.1 Å². The zero-order chi connectivity index (χ0) is 23.6. The van der Waals surface area contributed by atoms with E-state index >= 15 is 0 Å². The summed E-state index contributed by atoms with van der Waals surface area (Å²) in [6.45, 7) is 1.77. The monoisotopic (exact) mass is 469 g/mol. The van der Waals surface area contributed by atoms with Crippen LogP contribution in [0.2, 0.25) is 0 Å². The number of thioether (sulfide) groups is 1. The number of nitrogens with zero attached hydrogens (tertiary/aromatic N) is 2. The van der Waals surface area contributed by atoms with E-state index in [1.807, 2.05) is 58.5 Å². The Morgan fingerprint density at radius 2 is 1.82 bits per heavy atom. The van der Waals surface area contributed by atoms with Gasteiger partial charge in [-0.25, -0.2) is 0 Å². The van der Waals surface area contributed by atoms with Gasteiger partial charge in [0, 0.05) is 30.9 Å². The molecule has 1 aliphatic heterocycles. The first kappa shape index (κ1) is 25.1. The summed E-state index contributed by atoms with van der Waals surface area (Å²) >= 11 is 1.70. The summed E-state index contributed by atoms with van der Waals surface area (Å²) in [5.41, 5.74) is 8.64. The van der Waals surface area contributed by atoms with Crippen molar-refractivity contribution in [1.82, 2.24) is 4.90 Å². The number of benzene rings is 2. The number of anilines is 1. The van der Waals surface area contributed by atoms with Crippen molar-refractivity contribution in [2.24, 2.45) is 5.73 Å². The molecule has 0 radical (unpaired) electrons. The average molecular weight is 470 g/mol. The van der Waals surface area contributed by atoms with Gasteiger partial charge < -0.3 is 20.3 Å². The summed E-state index contributed by atoms with van der Waals surface area (Å²) in [6, 6.07) is 14.7. The van der Waals surface area contributed by atoms with Gasteiger partial charge in [-0.3, -0.25) is 9.59 Å². The van der Waals surface area contributed by atoms with Crippen molar-refractivity contribution in [2.75, 3.05) is 37.1 Å². The summed E-state index contributed by atoms with van der Waals surface area (Å²) in [4.78, 5) is 30.5. The number of methoxy groups -OCH3 is 1. The molecule has 1 aliphatic rings. The molecule has 0 aliphatic carbocycles. The van der Waals surface area contributed by atoms with Crippen molar-refractivity contribution in [3.8, 4) is 5.75 Å². The molecular formula is C26H35N3O3S. The maximum Gasteiger partial charge on any atom is 0.258 e. The second-order valence-electron chi connectivity index (χ2n) is 8.38. The van der Waals surface area contributed by atoms with E-state index in [1.54, 1.807) is 24.9 Å². The highest BCUT2D eigenvalue weighted by Gasteiger charge is 2.25. The fourth-order valence-corrected chi connectivity index (χ4v) is 4.64. The quantitative estimate of drug-likeness (QED) is 0.682. The van der Waals surface area contributed by atoms with Crippen LogP contribution in [0.15, 0.2) is 48.5 Å². The number of para-hydroxylation sites is 1. The fraction of sp³-hybridized carbons (Fsp3) is 0.462. The van der Waals surface area contributed by atoms with Crippen molar-refractivity contribution in [3.05, 3.63) is 59.7 Å². The minimum Gasteiger partial charge on any atom is -0.497 e. The Labute approximate surface area is 201 Å². The van der Waals surface area contributed by atoms with E-state index in [9.17, 15) is 9.59 Å². The van der Waals surface area contributed by atoms with Crippen LogP contribution < -0.4 is 15.4 Å². The van der Waals surface area contributed by atoms with Gasteiger partial charge in [0.1, 0.15) is 5.75 Å². The lowest BCUT2D eigenvalue weighted by Gasteiger charge is -2.29. The van der Waals surface area contributed by atoms with Crippen LogP contribution in [0, 0.1) is 0 Å². The third-order valence-corrected chi connectivity index (χ3v) is 6.67. The molecule has 0 spiro atoms. The highest BCUT2D eigenvalue weighted by atomic mass is 32.2. The van der Waals surface area contributed by atoms with Crippen molar-refractivity contribution in [3.63, 3.8) is 0 Å². The van der Waals surface area contributed by atoms with Gasteiger partial charge in [0.05, 0.1) is 13.2 Å². The van der Waals surface area contributed by atoms with Gasteiger partial charge in [-0.1, -0.05) is 37.1 Å². The van der Waals surface area contributed by atoms with Gasteiger partial charge in [0.25, 0.3) is 5.91 Å². The topological polar surface area (TPSA) is 75.9 Å². The third-order valence-electron chi connectivity index (χ3n) is 6.03. The van der Waals surface area contributed by atoms with Crippen LogP contribution in [0.1, 0.15) is 48.0 Å². The second kappa shape index (κ2) is 12.7. The molecule has 1 heterocycles. The lowest BCUT2D eigenvalue weighted by atomic mass is 10.1. The zero-order valence-corrected chi connectivity index (χ0v) is 20.5. The number of carbonyl (C=O) groups excluding carboxylic acids is 2. The molecular weight excluding hydrogens is 434 g/mol. The third kappa shape index (κ3) is 6.74. The number of nitrogens with two attached hydrogens (primary N) is 1. The molecule has 0 fully saturated rings. The maximum absolute atomic E-state index is 13.6. The number of ether oxygens (including phenoxy) is 1. The standard InChI is InChI=1S/C26H35N3O3S/c1-32-22-12-9-11-20(18-22)25(30)29-16-8-4-3-7-15-28(26(31)23(27)14-17-33-2)19-21-10-5-6-13-24(21)29/h5-6,9-13,18,23H,3-4,7-8,14-17,19,27H2,1-2H3/t23-/m0/s1. The molecule has 0 aromatic heterocycles. The normalized spacial score (nSPS) is 15.8. The van der Waals surface area contributed by atoms with E-state index in [4.69, 9.17) is 10.5 Å². The molecule has 1 atom stereocenters. The number of fused-ring (bicyclic) bond motifs is 1. The summed E-state index contributed by atoms with van der Waals surface area (Å²) in [7, 11) is 1.60. The number of amides is 2. The molecule has 3 rings (SSSR count). The van der Waals surface area contributed by atoms with Crippen LogP contribution >= 0.6 is 11.8 Å². The Bertz CT molecular complexity index is 937. The lowest BCUT2D eigenvalue weighted by Crippen LogP contribution is -2.44. The Kier molecular flexibility index (Phi) is 9.63.